The Hall–Kier alpha value is -4.81. The predicted molar refractivity (Wildman–Crippen MR) is 132 cm³/mol. The van der Waals surface area contributed by atoms with Crippen LogP contribution in [0.5, 0.6) is 28.9 Å². The number of rotatable bonds is 11. The molecule has 0 aliphatic carbocycles. The molecule has 0 radical (unpaired) electrons. The quantitative estimate of drug-likeness (QED) is 0.165. The SMILES string of the molecule is CCOC(=O)c1nnn(Cc2ccc(OC)cc2)c1Oc1ccc(F)c(OCc2ccc(OC(F)(F)F)cc2)c1. The summed E-state index contributed by atoms with van der Waals surface area (Å²) in [5.41, 5.74) is 1.09. The molecule has 0 spiro atoms. The third kappa shape index (κ3) is 7.40. The molecule has 4 aromatic rings. The van der Waals surface area contributed by atoms with Crippen LogP contribution in [0.25, 0.3) is 0 Å². The molecule has 1 aromatic heterocycles. The molecule has 4 rings (SSSR count). The second-order valence-electron chi connectivity index (χ2n) is 8.14. The zero-order valence-corrected chi connectivity index (χ0v) is 21.3. The van der Waals surface area contributed by atoms with Crippen LogP contribution in [0.4, 0.5) is 17.6 Å². The number of carbonyl (C=O) groups is 1. The second-order valence-corrected chi connectivity index (χ2v) is 8.14. The van der Waals surface area contributed by atoms with Gasteiger partial charge in [0, 0.05) is 6.07 Å². The minimum atomic E-state index is -4.81. The van der Waals surface area contributed by atoms with Crippen molar-refractivity contribution in [2.45, 2.75) is 26.4 Å². The minimum absolute atomic E-state index is 0.0351. The highest BCUT2D eigenvalue weighted by molar-refractivity contribution is 5.89. The summed E-state index contributed by atoms with van der Waals surface area (Å²) in [5.74, 6) is -1.32. The van der Waals surface area contributed by atoms with E-state index < -0.39 is 23.9 Å². The average molecular weight is 561 g/mol. The van der Waals surface area contributed by atoms with E-state index in [0.29, 0.717) is 11.3 Å². The first-order chi connectivity index (χ1) is 19.1. The van der Waals surface area contributed by atoms with Crippen molar-refractivity contribution >= 4 is 5.97 Å². The fourth-order valence-corrected chi connectivity index (χ4v) is 3.46. The van der Waals surface area contributed by atoms with Gasteiger partial charge in [0.2, 0.25) is 5.69 Å². The van der Waals surface area contributed by atoms with Crippen molar-refractivity contribution in [1.82, 2.24) is 15.0 Å². The molecule has 3 aromatic carbocycles. The van der Waals surface area contributed by atoms with E-state index in [-0.39, 0.29) is 42.8 Å². The van der Waals surface area contributed by atoms with E-state index in [1.54, 1.807) is 38.3 Å². The molecular formula is C27H23F4N3O6. The van der Waals surface area contributed by atoms with Crippen LogP contribution in [0.15, 0.2) is 66.7 Å². The summed E-state index contributed by atoms with van der Waals surface area (Å²) in [6.07, 6.45) is -4.81. The average Bonchev–Trinajstić information content (AvgIpc) is 3.31. The Balaban J connectivity index is 1.53. The molecule has 1 heterocycles. The monoisotopic (exact) mass is 561 g/mol. The fourth-order valence-electron chi connectivity index (χ4n) is 3.46. The van der Waals surface area contributed by atoms with Gasteiger partial charge in [0.15, 0.2) is 11.6 Å². The highest BCUT2D eigenvalue weighted by Gasteiger charge is 2.31. The van der Waals surface area contributed by atoms with E-state index in [9.17, 15) is 22.4 Å². The molecule has 0 aliphatic heterocycles. The number of halogens is 4. The van der Waals surface area contributed by atoms with Crippen molar-refractivity contribution in [3.05, 3.63) is 89.4 Å². The predicted octanol–water partition coefficient (Wildman–Crippen LogP) is 5.92. The minimum Gasteiger partial charge on any atom is -0.497 e. The number of benzene rings is 3. The molecule has 0 atom stereocenters. The van der Waals surface area contributed by atoms with Crippen LogP contribution in [-0.2, 0) is 17.9 Å². The number of nitrogens with zero attached hydrogens (tertiary/aromatic N) is 3. The van der Waals surface area contributed by atoms with Gasteiger partial charge in [-0.15, -0.1) is 18.3 Å². The first-order valence-corrected chi connectivity index (χ1v) is 11.8. The van der Waals surface area contributed by atoms with Crippen LogP contribution in [0.2, 0.25) is 0 Å². The van der Waals surface area contributed by atoms with Crippen LogP contribution in [0.1, 0.15) is 28.5 Å². The first-order valence-electron chi connectivity index (χ1n) is 11.8. The van der Waals surface area contributed by atoms with Gasteiger partial charge in [0.05, 0.1) is 20.3 Å². The number of esters is 1. The summed E-state index contributed by atoms with van der Waals surface area (Å²) in [6, 6.07) is 15.8. The lowest BCUT2D eigenvalue weighted by molar-refractivity contribution is -0.274. The third-order valence-electron chi connectivity index (χ3n) is 5.32. The molecule has 40 heavy (non-hydrogen) atoms. The Morgan fingerprint density at radius 3 is 2.23 bits per heavy atom. The highest BCUT2D eigenvalue weighted by Crippen LogP contribution is 2.31. The van der Waals surface area contributed by atoms with E-state index in [2.05, 4.69) is 15.0 Å². The molecule has 9 nitrogen and oxygen atoms in total. The summed E-state index contributed by atoms with van der Waals surface area (Å²) in [6.45, 7) is 1.77. The molecule has 0 saturated heterocycles. The van der Waals surface area contributed by atoms with E-state index in [0.717, 1.165) is 23.8 Å². The van der Waals surface area contributed by atoms with Gasteiger partial charge in [-0.1, -0.05) is 29.5 Å². The summed E-state index contributed by atoms with van der Waals surface area (Å²) < 4.78 is 78.4. The Labute approximate surface area is 225 Å². The van der Waals surface area contributed by atoms with E-state index in [1.807, 2.05) is 0 Å². The second kappa shape index (κ2) is 12.4. The van der Waals surface area contributed by atoms with Gasteiger partial charge in [-0.25, -0.2) is 13.9 Å². The Bertz CT molecular complexity index is 1440. The molecule has 0 amide bonds. The maximum Gasteiger partial charge on any atom is 0.573 e. The maximum atomic E-state index is 14.5. The third-order valence-corrected chi connectivity index (χ3v) is 5.32. The lowest BCUT2D eigenvalue weighted by atomic mass is 10.2. The topological polar surface area (TPSA) is 93.9 Å². The fraction of sp³-hybridized carbons (Fsp3) is 0.222. The molecule has 0 aliphatic rings. The van der Waals surface area contributed by atoms with Crippen molar-refractivity contribution < 1.29 is 46.0 Å². The Morgan fingerprint density at radius 2 is 1.57 bits per heavy atom. The van der Waals surface area contributed by atoms with Crippen LogP contribution in [0, 0.1) is 5.82 Å². The standard InChI is InChI=1S/C27H23F4N3O6/c1-3-37-26(35)24-25(34(33-32-24)15-17-4-8-19(36-2)9-5-17)39-21-12-13-22(28)23(14-21)38-16-18-6-10-20(11-7-18)40-27(29,30)31/h4-14H,3,15-16H2,1-2H3. The van der Waals surface area contributed by atoms with Gasteiger partial charge < -0.3 is 23.7 Å². The van der Waals surface area contributed by atoms with Crippen LogP contribution in [-0.4, -0.2) is 41.0 Å². The van der Waals surface area contributed by atoms with Gasteiger partial charge in [-0.05, 0) is 54.4 Å². The zero-order valence-electron chi connectivity index (χ0n) is 21.3. The Kier molecular flexibility index (Phi) is 8.72. The molecule has 210 valence electrons. The van der Waals surface area contributed by atoms with Crippen LogP contribution >= 0.6 is 0 Å². The van der Waals surface area contributed by atoms with Crippen molar-refractivity contribution in [1.29, 1.82) is 0 Å². The lowest BCUT2D eigenvalue weighted by Gasteiger charge is -2.13. The van der Waals surface area contributed by atoms with E-state index in [1.165, 1.54) is 28.9 Å². The summed E-state index contributed by atoms with van der Waals surface area (Å²) in [7, 11) is 1.55. The number of alkyl halides is 3. The Morgan fingerprint density at radius 1 is 0.925 bits per heavy atom. The lowest BCUT2D eigenvalue weighted by Crippen LogP contribution is -2.17. The molecule has 0 N–H and O–H groups in total. The number of hydrogen-bond acceptors (Lipinski definition) is 8. The van der Waals surface area contributed by atoms with Gasteiger partial charge >= 0.3 is 12.3 Å². The van der Waals surface area contributed by atoms with Gasteiger partial charge in [-0.2, -0.15) is 0 Å². The normalized spacial score (nSPS) is 11.2. The smallest absolute Gasteiger partial charge is 0.497 e. The summed E-state index contributed by atoms with van der Waals surface area (Å²) in [4.78, 5) is 12.5. The number of methoxy groups -OCH3 is 1. The van der Waals surface area contributed by atoms with Gasteiger partial charge in [0.1, 0.15) is 23.9 Å². The molecule has 0 saturated carbocycles. The largest absolute Gasteiger partial charge is 0.573 e. The highest BCUT2D eigenvalue weighted by atomic mass is 19.4. The maximum absolute atomic E-state index is 14.5. The molecule has 13 heteroatoms. The summed E-state index contributed by atoms with van der Waals surface area (Å²) in [5, 5.41) is 7.93. The van der Waals surface area contributed by atoms with Crippen molar-refractivity contribution in [2.75, 3.05) is 13.7 Å². The van der Waals surface area contributed by atoms with Gasteiger partial charge in [-0.3, -0.25) is 0 Å². The molecule has 0 unspecified atom stereocenters. The number of aromatic nitrogens is 3. The number of ether oxygens (including phenoxy) is 5. The van der Waals surface area contributed by atoms with Crippen LogP contribution in [0.3, 0.4) is 0 Å². The van der Waals surface area contributed by atoms with Crippen LogP contribution < -0.4 is 18.9 Å². The number of carbonyl (C=O) groups excluding carboxylic acids is 1. The van der Waals surface area contributed by atoms with Crippen molar-refractivity contribution in [3.63, 3.8) is 0 Å². The molecular weight excluding hydrogens is 538 g/mol. The van der Waals surface area contributed by atoms with Crippen molar-refractivity contribution in [3.8, 4) is 28.9 Å². The van der Waals surface area contributed by atoms with Gasteiger partial charge in [0.25, 0.3) is 5.88 Å². The molecule has 0 bridgehead atoms. The van der Waals surface area contributed by atoms with E-state index >= 15 is 0 Å². The van der Waals surface area contributed by atoms with E-state index in [4.69, 9.17) is 18.9 Å². The summed E-state index contributed by atoms with van der Waals surface area (Å²) >= 11 is 0. The zero-order chi connectivity index (χ0) is 28.7. The van der Waals surface area contributed by atoms with Crippen molar-refractivity contribution in [2.24, 2.45) is 0 Å². The number of hydrogen-bond donors (Lipinski definition) is 0. The first kappa shape index (κ1) is 28.2. The molecule has 0 fully saturated rings.